The van der Waals surface area contributed by atoms with Gasteiger partial charge in [0.15, 0.2) is 5.13 Å². The van der Waals surface area contributed by atoms with Gasteiger partial charge in [-0.25, -0.2) is 4.98 Å². The molecule has 21 heavy (non-hydrogen) atoms. The van der Waals surface area contributed by atoms with Gasteiger partial charge in [0.1, 0.15) is 4.88 Å². The zero-order valence-electron chi connectivity index (χ0n) is 11.6. The number of amides is 2. The van der Waals surface area contributed by atoms with Crippen LogP contribution in [0.3, 0.4) is 0 Å². The lowest BCUT2D eigenvalue weighted by Crippen LogP contribution is -2.15. The molecule has 2 aromatic rings. The third-order valence-corrected chi connectivity index (χ3v) is 3.72. The van der Waals surface area contributed by atoms with Crippen LogP contribution in [0.2, 0.25) is 0 Å². The summed E-state index contributed by atoms with van der Waals surface area (Å²) < 4.78 is 0. The summed E-state index contributed by atoms with van der Waals surface area (Å²) in [5.41, 5.74) is 6.60. The summed E-state index contributed by atoms with van der Waals surface area (Å²) in [4.78, 5) is 28.3. The predicted molar refractivity (Wildman–Crippen MR) is 83.5 cm³/mol. The number of hydrogen-bond acceptors (Lipinski definition) is 5. The monoisotopic (exact) mass is 304 g/mol. The molecule has 0 unspecified atom stereocenters. The first-order valence-electron chi connectivity index (χ1n) is 6.44. The highest BCUT2D eigenvalue weighted by Crippen LogP contribution is 2.23. The van der Waals surface area contributed by atoms with Gasteiger partial charge < -0.3 is 16.4 Å². The van der Waals surface area contributed by atoms with Crippen LogP contribution in [0, 0.1) is 6.92 Å². The molecule has 0 aliphatic rings. The minimum atomic E-state index is -0.240. The van der Waals surface area contributed by atoms with Crippen molar-refractivity contribution in [3.8, 4) is 0 Å². The van der Waals surface area contributed by atoms with E-state index in [4.69, 9.17) is 5.73 Å². The normalized spacial score (nSPS) is 10.2. The second-order valence-electron chi connectivity index (χ2n) is 4.34. The van der Waals surface area contributed by atoms with Crippen molar-refractivity contribution in [2.75, 3.05) is 17.2 Å². The predicted octanol–water partition coefficient (Wildman–Crippen LogP) is 1.99. The number of nitrogens with two attached hydrogens (primary N) is 1. The van der Waals surface area contributed by atoms with Crippen LogP contribution in [0.1, 0.15) is 21.8 Å². The van der Waals surface area contributed by atoms with Gasteiger partial charge in [-0.2, -0.15) is 0 Å². The lowest BCUT2D eigenvalue weighted by atomic mass is 10.3. The molecule has 0 aliphatic carbocycles. The molecule has 1 heterocycles. The van der Waals surface area contributed by atoms with Crippen LogP contribution in [0.5, 0.6) is 0 Å². The maximum absolute atomic E-state index is 12.2. The van der Waals surface area contributed by atoms with Crippen molar-refractivity contribution in [3.05, 3.63) is 40.9 Å². The number of carbonyl (C=O) groups is 2. The highest BCUT2D eigenvalue weighted by Gasteiger charge is 2.16. The van der Waals surface area contributed by atoms with Crippen molar-refractivity contribution in [2.45, 2.75) is 13.3 Å². The Kier molecular flexibility index (Phi) is 5.02. The molecule has 0 fully saturated rings. The Morgan fingerprint density at radius 1 is 1.24 bits per heavy atom. The second-order valence-corrected chi connectivity index (χ2v) is 5.34. The molecule has 0 saturated heterocycles. The van der Waals surface area contributed by atoms with E-state index >= 15 is 0 Å². The summed E-state index contributed by atoms with van der Waals surface area (Å²) in [6, 6.07) is 9.16. The van der Waals surface area contributed by atoms with Crippen molar-refractivity contribution in [1.29, 1.82) is 0 Å². The molecule has 0 spiro atoms. The second kappa shape index (κ2) is 6.96. The molecule has 0 aliphatic heterocycles. The Balaban J connectivity index is 2.08. The van der Waals surface area contributed by atoms with Gasteiger partial charge in [-0.15, -0.1) is 0 Å². The topological polar surface area (TPSA) is 97.1 Å². The number of thiazole rings is 1. The van der Waals surface area contributed by atoms with E-state index in [0.29, 0.717) is 21.4 Å². The molecule has 6 nitrogen and oxygen atoms in total. The fraction of sp³-hybridized carbons (Fsp3) is 0.214. The van der Waals surface area contributed by atoms with Crippen molar-refractivity contribution in [2.24, 2.45) is 5.73 Å². The molecule has 1 aromatic heterocycles. The summed E-state index contributed by atoms with van der Waals surface area (Å²) in [7, 11) is 0. The van der Waals surface area contributed by atoms with Gasteiger partial charge >= 0.3 is 0 Å². The van der Waals surface area contributed by atoms with Crippen LogP contribution in [-0.4, -0.2) is 23.3 Å². The first-order valence-corrected chi connectivity index (χ1v) is 7.25. The van der Waals surface area contributed by atoms with E-state index in [0.717, 1.165) is 11.3 Å². The van der Waals surface area contributed by atoms with E-state index in [1.807, 2.05) is 18.2 Å². The number of anilines is 2. The van der Waals surface area contributed by atoms with Crippen molar-refractivity contribution in [3.63, 3.8) is 0 Å². The highest BCUT2D eigenvalue weighted by atomic mass is 32.1. The number of aromatic nitrogens is 1. The third kappa shape index (κ3) is 4.11. The minimum Gasteiger partial charge on any atom is -0.330 e. The molecule has 0 radical (unpaired) electrons. The molecule has 2 rings (SSSR count). The van der Waals surface area contributed by atoms with Crippen LogP contribution in [0.4, 0.5) is 10.8 Å². The Bertz CT molecular complexity index is 640. The number of hydrogen-bond donors (Lipinski definition) is 3. The Morgan fingerprint density at radius 2 is 1.95 bits per heavy atom. The zero-order valence-corrected chi connectivity index (χ0v) is 12.4. The molecule has 2 amide bonds. The van der Waals surface area contributed by atoms with Gasteiger partial charge in [-0.1, -0.05) is 29.5 Å². The highest BCUT2D eigenvalue weighted by molar-refractivity contribution is 7.17. The first kappa shape index (κ1) is 15.1. The lowest BCUT2D eigenvalue weighted by Gasteiger charge is -2.02. The van der Waals surface area contributed by atoms with Gasteiger partial charge in [0.25, 0.3) is 5.91 Å². The average Bonchev–Trinajstić information content (AvgIpc) is 2.81. The Labute approximate surface area is 126 Å². The molecule has 0 saturated carbocycles. The van der Waals surface area contributed by atoms with Gasteiger partial charge in [0, 0.05) is 18.7 Å². The molecular weight excluding hydrogens is 288 g/mol. The summed E-state index contributed by atoms with van der Waals surface area (Å²) in [5, 5.41) is 5.83. The Hall–Kier alpha value is -2.25. The van der Waals surface area contributed by atoms with E-state index in [-0.39, 0.29) is 24.8 Å². The largest absolute Gasteiger partial charge is 0.330 e. The van der Waals surface area contributed by atoms with E-state index < -0.39 is 0 Å². The number of carbonyl (C=O) groups excluding carboxylic acids is 2. The number of aryl methyl sites for hydroxylation is 1. The number of para-hydroxylation sites is 1. The molecule has 4 N–H and O–H groups in total. The van der Waals surface area contributed by atoms with Crippen LogP contribution in [0.15, 0.2) is 30.3 Å². The zero-order chi connectivity index (χ0) is 15.2. The fourth-order valence-corrected chi connectivity index (χ4v) is 2.56. The van der Waals surface area contributed by atoms with Gasteiger partial charge in [0.2, 0.25) is 5.91 Å². The quantitative estimate of drug-likeness (QED) is 0.787. The molecule has 7 heteroatoms. The third-order valence-electron chi connectivity index (χ3n) is 2.65. The van der Waals surface area contributed by atoms with E-state index in [1.165, 1.54) is 0 Å². The van der Waals surface area contributed by atoms with Crippen LogP contribution in [-0.2, 0) is 4.79 Å². The molecular formula is C14H16N4O2S. The molecule has 1 aromatic carbocycles. The van der Waals surface area contributed by atoms with E-state index in [1.54, 1.807) is 19.1 Å². The van der Waals surface area contributed by atoms with Gasteiger partial charge in [-0.05, 0) is 19.1 Å². The smallest absolute Gasteiger partial charge is 0.267 e. The van der Waals surface area contributed by atoms with E-state index in [9.17, 15) is 9.59 Å². The van der Waals surface area contributed by atoms with Gasteiger partial charge in [-0.3, -0.25) is 9.59 Å². The SMILES string of the molecule is Cc1nc(NC(=O)CCN)sc1C(=O)Nc1ccccc1. The Morgan fingerprint density at radius 3 is 2.62 bits per heavy atom. The van der Waals surface area contributed by atoms with Crippen LogP contribution >= 0.6 is 11.3 Å². The van der Waals surface area contributed by atoms with Crippen molar-refractivity contribution < 1.29 is 9.59 Å². The molecule has 0 atom stereocenters. The standard InChI is InChI=1S/C14H16N4O2S/c1-9-12(13(20)17-10-5-3-2-4-6-10)21-14(16-9)18-11(19)7-8-15/h2-6H,7-8,15H2,1H3,(H,17,20)(H,16,18,19). The average molecular weight is 304 g/mol. The van der Waals surface area contributed by atoms with Gasteiger partial charge in [0.05, 0.1) is 5.69 Å². The maximum atomic E-state index is 12.2. The maximum Gasteiger partial charge on any atom is 0.267 e. The fourth-order valence-electron chi connectivity index (χ4n) is 1.68. The molecule has 0 bridgehead atoms. The van der Waals surface area contributed by atoms with Crippen molar-refractivity contribution in [1.82, 2.24) is 4.98 Å². The number of nitrogens with one attached hydrogen (secondary N) is 2. The number of rotatable bonds is 5. The summed E-state index contributed by atoms with van der Waals surface area (Å²) in [6.07, 6.45) is 0.226. The summed E-state index contributed by atoms with van der Waals surface area (Å²) >= 11 is 1.15. The first-order chi connectivity index (χ1) is 10.1. The number of nitrogens with zero attached hydrogens (tertiary/aromatic N) is 1. The lowest BCUT2D eigenvalue weighted by molar-refractivity contribution is -0.116. The molecule has 110 valence electrons. The number of benzene rings is 1. The van der Waals surface area contributed by atoms with E-state index in [2.05, 4.69) is 15.6 Å². The van der Waals surface area contributed by atoms with Crippen LogP contribution in [0.25, 0.3) is 0 Å². The minimum absolute atomic E-state index is 0.207. The van der Waals surface area contributed by atoms with Crippen LogP contribution < -0.4 is 16.4 Å². The summed E-state index contributed by atoms with van der Waals surface area (Å²) in [6.45, 7) is 2.01. The summed E-state index contributed by atoms with van der Waals surface area (Å²) in [5.74, 6) is -0.447. The van der Waals surface area contributed by atoms with Crippen molar-refractivity contribution >= 4 is 34.0 Å².